The van der Waals surface area contributed by atoms with Crippen LogP contribution in [-0.4, -0.2) is 29.0 Å². The van der Waals surface area contributed by atoms with Crippen LogP contribution in [0.2, 0.25) is 0 Å². The van der Waals surface area contributed by atoms with Gasteiger partial charge >= 0.3 is 6.18 Å². The minimum absolute atomic E-state index is 0.0455. The molecule has 2 aromatic carbocycles. The molecule has 0 spiro atoms. The molecule has 2 N–H and O–H groups in total. The van der Waals surface area contributed by atoms with Crippen molar-refractivity contribution in [1.82, 2.24) is 15.1 Å². The average molecular weight is 444 g/mol. The summed E-state index contributed by atoms with van der Waals surface area (Å²) in [5.41, 5.74) is 1.59. The Balaban J connectivity index is 1.66. The number of ether oxygens (including phenoxy) is 1. The third-order valence-corrected chi connectivity index (χ3v) is 5.63. The van der Waals surface area contributed by atoms with Gasteiger partial charge in [-0.05, 0) is 30.2 Å². The van der Waals surface area contributed by atoms with Gasteiger partial charge in [-0.15, -0.1) is 0 Å². The molecule has 9 heteroatoms. The molecule has 4 rings (SSSR count). The molecular weight excluding hydrogens is 421 g/mol. The number of anilines is 1. The standard InChI is InChI=1S/C23H23F3N4O2/c1-14(15-7-4-3-5-8-15)28-22(31)18-13-27-30-20(23(24,25)26)12-19(29-21(18)30)16-9-6-10-17(11-16)32-2/h3-11,13-14,19-20,29H,12H2,1-2H3,(H,28,31)/t14-,19+,20-/m1/s1. The number of carbonyl (C=O) groups excluding carboxylic acids is 1. The van der Waals surface area contributed by atoms with Crippen molar-refractivity contribution in [2.45, 2.75) is 37.6 Å². The Labute approximate surface area is 183 Å². The molecule has 0 saturated heterocycles. The highest BCUT2D eigenvalue weighted by Gasteiger charge is 2.47. The highest BCUT2D eigenvalue weighted by molar-refractivity contribution is 5.99. The molecule has 3 atom stereocenters. The Hall–Kier alpha value is -3.49. The normalized spacial score (nSPS) is 18.9. The quantitative estimate of drug-likeness (QED) is 0.578. The smallest absolute Gasteiger partial charge is 0.410 e. The number of methoxy groups -OCH3 is 1. The fourth-order valence-corrected chi connectivity index (χ4v) is 3.91. The Morgan fingerprint density at radius 1 is 1.22 bits per heavy atom. The number of rotatable bonds is 5. The topological polar surface area (TPSA) is 68.2 Å². The van der Waals surface area contributed by atoms with Crippen molar-refractivity contribution >= 4 is 11.7 Å². The minimum atomic E-state index is -4.52. The van der Waals surface area contributed by atoms with E-state index in [4.69, 9.17) is 4.74 Å². The molecule has 168 valence electrons. The van der Waals surface area contributed by atoms with Gasteiger partial charge in [0.05, 0.1) is 25.4 Å². The number of fused-ring (bicyclic) bond motifs is 1. The number of carbonyl (C=O) groups is 1. The second-order valence-electron chi connectivity index (χ2n) is 7.72. The lowest BCUT2D eigenvalue weighted by atomic mass is 9.96. The predicted octanol–water partition coefficient (Wildman–Crippen LogP) is 5.04. The molecule has 32 heavy (non-hydrogen) atoms. The van der Waals surface area contributed by atoms with Crippen LogP contribution < -0.4 is 15.4 Å². The zero-order chi connectivity index (χ0) is 22.9. The summed E-state index contributed by atoms with van der Waals surface area (Å²) in [5, 5.41) is 9.85. The van der Waals surface area contributed by atoms with Crippen LogP contribution in [-0.2, 0) is 0 Å². The van der Waals surface area contributed by atoms with E-state index in [9.17, 15) is 18.0 Å². The van der Waals surface area contributed by atoms with Gasteiger partial charge in [-0.25, -0.2) is 4.68 Å². The van der Waals surface area contributed by atoms with Crippen LogP contribution in [0.1, 0.15) is 53.0 Å². The number of amides is 1. The third kappa shape index (κ3) is 4.28. The summed E-state index contributed by atoms with van der Waals surface area (Å²) in [4.78, 5) is 13.0. The summed E-state index contributed by atoms with van der Waals surface area (Å²) in [6.45, 7) is 1.81. The van der Waals surface area contributed by atoms with Gasteiger partial charge in [0.15, 0.2) is 6.04 Å². The summed E-state index contributed by atoms with van der Waals surface area (Å²) >= 11 is 0. The summed E-state index contributed by atoms with van der Waals surface area (Å²) in [6, 6.07) is 13.3. The van der Waals surface area contributed by atoms with E-state index in [1.807, 2.05) is 37.3 Å². The lowest BCUT2D eigenvalue weighted by Gasteiger charge is -2.34. The number of nitrogens with one attached hydrogen (secondary N) is 2. The fourth-order valence-electron chi connectivity index (χ4n) is 3.91. The van der Waals surface area contributed by atoms with E-state index in [-0.39, 0.29) is 23.8 Å². The van der Waals surface area contributed by atoms with Crippen LogP contribution in [0.3, 0.4) is 0 Å². The van der Waals surface area contributed by atoms with Crippen molar-refractivity contribution in [2.24, 2.45) is 0 Å². The summed E-state index contributed by atoms with van der Waals surface area (Å²) in [5.74, 6) is 0.0908. The van der Waals surface area contributed by atoms with Crippen LogP contribution >= 0.6 is 0 Å². The molecular formula is C23H23F3N4O2. The number of aromatic nitrogens is 2. The number of alkyl halides is 3. The van der Waals surface area contributed by atoms with Crippen LogP contribution in [0, 0.1) is 0 Å². The number of hydrogen-bond acceptors (Lipinski definition) is 4. The molecule has 3 aromatic rings. The minimum Gasteiger partial charge on any atom is -0.497 e. The second-order valence-corrected chi connectivity index (χ2v) is 7.72. The molecule has 0 unspecified atom stereocenters. The molecule has 0 aliphatic carbocycles. The monoisotopic (exact) mass is 444 g/mol. The van der Waals surface area contributed by atoms with Crippen LogP contribution in [0.15, 0.2) is 60.8 Å². The first-order chi connectivity index (χ1) is 15.3. The fraction of sp³-hybridized carbons (Fsp3) is 0.304. The van der Waals surface area contributed by atoms with Crippen molar-refractivity contribution in [3.63, 3.8) is 0 Å². The number of nitrogens with zero attached hydrogens (tertiary/aromatic N) is 2. The van der Waals surface area contributed by atoms with E-state index in [1.54, 1.807) is 24.3 Å². The van der Waals surface area contributed by atoms with Crippen molar-refractivity contribution in [1.29, 1.82) is 0 Å². The van der Waals surface area contributed by atoms with Gasteiger partial charge in [0.2, 0.25) is 0 Å². The van der Waals surface area contributed by atoms with E-state index in [0.717, 1.165) is 10.2 Å². The first-order valence-corrected chi connectivity index (χ1v) is 10.2. The molecule has 6 nitrogen and oxygen atoms in total. The van der Waals surface area contributed by atoms with Gasteiger partial charge in [-0.1, -0.05) is 42.5 Å². The molecule has 1 aliphatic heterocycles. The summed E-state index contributed by atoms with van der Waals surface area (Å²) in [6.07, 6.45) is -3.60. The Bertz CT molecular complexity index is 1100. The average Bonchev–Trinajstić information content (AvgIpc) is 3.22. The number of benzene rings is 2. The molecule has 0 saturated carbocycles. The highest BCUT2D eigenvalue weighted by atomic mass is 19.4. The van der Waals surface area contributed by atoms with Gasteiger partial charge in [0.1, 0.15) is 17.1 Å². The van der Waals surface area contributed by atoms with Crippen LogP contribution in [0.5, 0.6) is 5.75 Å². The van der Waals surface area contributed by atoms with Crippen molar-refractivity contribution in [3.8, 4) is 5.75 Å². The molecule has 0 radical (unpaired) electrons. The first-order valence-electron chi connectivity index (χ1n) is 10.2. The summed E-state index contributed by atoms with van der Waals surface area (Å²) < 4.78 is 47.7. The maximum atomic E-state index is 13.9. The van der Waals surface area contributed by atoms with E-state index < -0.39 is 24.2 Å². The van der Waals surface area contributed by atoms with E-state index in [2.05, 4.69) is 15.7 Å². The summed E-state index contributed by atoms with van der Waals surface area (Å²) in [7, 11) is 1.50. The van der Waals surface area contributed by atoms with Gasteiger partial charge in [0.25, 0.3) is 5.91 Å². The lowest BCUT2D eigenvalue weighted by molar-refractivity contribution is -0.173. The molecule has 1 amide bonds. The zero-order valence-electron chi connectivity index (χ0n) is 17.6. The molecule has 0 fully saturated rings. The van der Waals surface area contributed by atoms with Crippen LogP contribution in [0.4, 0.5) is 19.0 Å². The predicted molar refractivity (Wildman–Crippen MR) is 114 cm³/mol. The van der Waals surface area contributed by atoms with Gasteiger partial charge < -0.3 is 15.4 Å². The Morgan fingerprint density at radius 2 is 1.97 bits per heavy atom. The van der Waals surface area contributed by atoms with E-state index >= 15 is 0 Å². The highest BCUT2D eigenvalue weighted by Crippen LogP contribution is 2.44. The Kier molecular flexibility index (Phi) is 5.82. The van der Waals surface area contributed by atoms with Gasteiger partial charge in [0, 0.05) is 6.42 Å². The molecule has 1 aliphatic rings. The SMILES string of the molecule is COc1cccc([C@@H]2C[C@H](C(F)(F)F)n3ncc(C(=O)N[C@H](C)c4ccccc4)c3N2)c1. The second kappa shape index (κ2) is 8.57. The van der Waals surface area contributed by atoms with Crippen molar-refractivity contribution in [2.75, 3.05) is 12.4 Å². The van der Waals surface area contributed by atoms with Crippen molar-refractivity contribution < 1.29 is 22.7 Å². The van der Waals surface area contributed by atoms with E-state index in [0.29, 0.717) is 11.3 Å². The number of halogens is 3. The largest absolute Gasteiger partial charge is 0.497 e. The third-order valence-electron chi connectivity index (χ3n) is 5.63. The number of hydrogen-bond donors (Lipinski definition) is 2. The Morgan fingerprint density at radius 3 is 2.66 bits per heavy atom. The maximum Gasteiger partial charge on any atom is 0.410 e. The van der Waals surface area contributed by atoms with Crippen LogP contribution in [0.25, 0.3) is 0 Å². The lowest BCUT2D eigenvalue weighted by Crippen LogP contribution is -2.36. The van der Waals surface area contributed by atoms with Gasteiger partial charge in [-0.3, -0.25) is 4.79 Å². The first kappa shape index (κ1) is 21.7. The van der Waals surface area contributed by atoms with Crippen molar-refractivity contribution in [3.05, 3.63) is 77.5 Å². The van der Waals surface area contributed by atoms with Gasteiger partial charge in [-0.2, -0.15) is 18.3 Å². The van der Waals surface area contributed by atoms with E-state index in [1.165, 1.54) is 13.3 Å². The zero-order valence-corrected chi connectivity index (χ0v) is 17.6. The molecule has 0 bridgehead atoms. The molecule has 2 heterocycles. The maximum absolute atomic E-state index is 13.9. The molecule has 1 aromatic heterocycles.